The van der Waals surface area contributed by atoms with Crippen molar-refractivity contribution >= 4 is 11.9 Å². The van der Waals surface area contributed by atoms with Gasteiger partial charge in [0.15, 0.2) is 0 Å². The molecule has 1 aliphatic rings. The third kappa shape index (κ3) is 4.79. The zero-order valence-corrected chi connectivity index (χ0v) is 18.2. The first kappa shape index (κ1) is 22.2. The number of methoxy groups -OCH3 is 2. The Morgan fingerprint density at radius 2 is 1.45 bits per heavy atom. The van der Waals surface area contributed by atoms with Crippen molar-refractivity contribution in [3.63, 3.8) is 0 Å². The highest BCUT2D eigenvalue weighted by Crippen LogP contribution is 2.39. The van der Waals surface area contributed by atoms with Gasteiger partial charge in [-0.05, 0) is 37.1 Å². The molecule has 0 N–H and O–H groups in total. The number of esters is 2. The number of ether oxygens (including phenoxy) is 3. The van der Waals surface area contributed by atoms with E-state index >= 15 is 0 Å². The van der Waals surface area contributed by atoms with Gasteiger partial charge in [0, 0.05) is 12.4 Å². The van der Waals surface area contributed by atoms with Crippen LogP contribution >= 0.6 is 0 Å². The van der Waals surface area contributed by atoms with E-state index in [0.29, 0.717) is 23.5 Å². The van der Waals surface area contributed by atoms with Gasteiger partial charge in [-0.2, -0.15) is 0 Å². The van der Waals surface area contributed by atoms with E-state index in [1.165, 1.54) is 14.2 Å². The Kier molecular flexibility index (Phi) is 7.13. The fourth-order valence-corrected chi connectivity index (χ4v) is 3.66. The zero-order valence-electron chi connectivity index (χ0n) is 18.2. The van der Waals surface area contributed by atoms with Gasteiger partial charge in [0.2, 0.25) is 0 Å². The van der Waals surface area contributed by atoms with Gasteiger partial charge in [-0.15, -0.1) is 0 Å². The van der Waals surface area contributed by atoms with Crippen LogP contribution in [0.2, 0.25) is 0 Å². The minimum Gasteiger partial charge on any atom is -0.494 e. The summed E-state index contributed by atoms with van der Waals surface area (Å²) in [4.78, 5) is 27.4. The molecule has 0 bridgehead atoms. The average Bonchev–Trinajstić information content (AvgIpc) is 2.83. The number of nitrogens with zero attached hydrogens (tertiary/aromatic N) is 1. The van der Waals surface area contributed by atoms with E-state index in [1.54, 1.807) is 12.4 Å². The number of benzene rings is 2. The molecule has 6 nitrogen and oxygen atoms in total. The molecular weight excluding hydrogens is 394 g/mol. The molecule has 0 saturated heterocycles. The van der Waals surface area contributed by atoms with Gasteiger partial charge in [0.1, 0.15) is 5.75 Å². The van der Waals surface area contributed by atoms with Crippen molar-refractivity contribution in [2.24, 2.45) is 0 Å². The van der Waals surface area contributed by atoms with Crippen molar-refractivity contribution in [3.8, 4) is 5.75 Å². The van der Waals surface area contributed by atoms with Crippen molar-refractivity contribution < 1.29 is 23.8 Å². The zero-order chi connectivity index (χ0) is 22.4. The largest absolute Gasteiger partial charge is 0.494 e. The molecule has 0 fully saturated rings. The highest BCUT2D eigenvalue weighted by Gasteiger charge is 2.36. The second-order valence-corrected chi connectivity index (χ2v) is 7.12. The summed E-state index contributed by atoms with van der Waals surface area (Å²) in [6, 6.07) is 17.1. The second-order valence-electron chi connectivity index (χ2n) is 7.12. The number of hydrogen-bond acceptors (Lipinski definition) is 6. The maximum atomic E-state index is 12.8. The molecule has 0 amide bonds. The molecule has 0 unspecified atom stereocenters. The molecule has 0 aromatic heterocycles. The normalized spacial score (nSPS) is 14.9. The lowest BCUT2D eigenvalue weighted by molar-refractivity contribution is -0.137. The average molecular weight is 421 g/mol. The van der Waals surface area contributed by atoms with Gasteiger partial charge < -0.3 is 19.1 Å². The van der Waals surface area contributed by atoms with Crippen molar-refractivity contribution in [2.75, 3.05) is 20.8 Å². The Morgan fingerprint density at radius 3 is 1.94 bits per heavy atom. The summed E-state index contributed by atoms with van der Waals surface area (Å²) in [7, 11) is 2.67. The Balaban J connectivity index is 2.08. The Bertz CT molecular complexity index is 945. The first-order valence-electron chi connectivity index (χ1n) is 10.1. The first-order chi connectivity index (χ1) is 15.0. The quantitative estimate of drug-likeness (QED) is 0.619. The number of rotatable bonds is 7. The van der Waals surface area contributed by atoms with E-state index in [-0.39, 0.29) is 6.04 Å². The van der Waals surface area contributed by atoms with Crippen molar-refractivity contribution in [1.29, 1.82) is 0 Å². The molecular formula is C25H27NO5. The SMILES string of the molecule is CCOc1ccc(C2C(C(=O)OC)=CN([C@H](C)c3ccccc3)C=C2C(=O)OC)cc1. The standard InChI is InChI=1S/C25H27NO5/c1-5-31-20-13-11-19(12-14-20)23-21(24(27)29-3)15-26(16-22(23)25(28)30-4)17(2)18-9-7-6-8-10-18/h6-17,23H,5H2,1-4H3/t17-/m1/s1. The summed E-state index contributed by atoms with van der Waals surface area (Å²) in [5.74, 6) is -0.902. The van der Waals surface area contributed by atoms with Gasteiger partial charge in [-0.3, -0.25) is 0 Å². The summed E-state index contributed by atoms with van der Waals surface area (Å²) >= 11 is 0. The minimum atomic E-state index is -0.616. The first-order valence-corrected chi connectivity index (χ1v) is 10.1. The fraction of sp³-hybridized carbons (Fsp3) is 0.280. The predicted molar refractivity (Wildman–Crippen MR) is 117 cm³/mol. The summed E-state index contributed by atoms with van der Waals surface area (Å²) in [5, 5.41) is 0. The lowest BCUT2D eigenvalue weighted by Gasteiger charge is -2.33. The van der Waals surface area contributed by atoms with Crippen LogP contribution < -0.4 is 4.74 Å². The monoisotopic (exact) mass is 421 g/mol. The maximum absolute atomic E-state index is 12.8. The molecule has 2 aromatic carbocycles. The van der Waals surface area contributed by atoms with Crippen LogP contribution in [0.25, 0.3) is 0 Å². The molecule has 6 heteroatoms. The van der Waals surface area contributed by atoms with Crippen LogP contribution in [-0.2, 0) is 19.1 Å². The van der Waals surface area contributed by atoms with Crippen LogP contribution in [-0.4, -0.2) is 37.7 Å². The van der Waals surface area contributed by atoms with Crippen LogP contribution in [0.3, 0.4) is 0 Å². The fourth-order valence-electron chi connectivity index (χ4n) is 3.66. The summed E-state index contributed by atoms with van der Waals surface area (Å²) < 4.78 is 15.6. The van der Waals surface area contributed by atoms with E-state index in [2.05, 4.69) is 0 Å². The van der Waals surface area contributed by atoms with Gasteiger partial charge in [0.25, 0.3) is 0 Å². The number of carbonyl (C=O) groups excluding carboxylic acids is 2. The summed E-state index contributed by atoms with van der Waals surface area (Å²) in [6.07, 6.45) is 3.49. The van der Waals surface area contributed by atoms with E-state index in [0.717, 1.165) is 11.1 Å². The molecule has 1 atom stereocenters. The van der Waals surface area contributed by atoms with E-state index < -0.39 is 17.9 Å². The van der Waals surface area contributed by atoms with E-state index in [4.69, 9.17) is 14.2 Å². The van der Waals surface area contributed by atoms with Gasteiger partial charge >= 0.3 is 11.9 Å². The van der Waals surface area contributed by atoms with E-state index in [9.17, 15) is 9.59 Å². The lowest BCUT2D eigenvalue weighted by atomic mass is 9.83. The van der Waals surface area contributed by atoms with Crippen LogP contribution in [0.5, 0.6) is 5.75 Å². The predicted octanol–water partition coefficient (Wildman–Crippen LogP) is 4.36. The third-order valence-corrected chi connectivity index (χ3v) is 5.29. The van der Waals surface area contributed by atoms with Gasteiger partial charge in [0.05, 0.1) is 43.9 Å². The molecule has 1 heterocycles. The Hall–Kier alpha value is -3.54. The van der Waals surface area contributed by atoms with Crippen LogP contribution in [0.15, 0.2) is 78.1 Å². The third-order valence-electron chi connectivity index (χ3n) is 5.29. The molecule has 31 heavy (non-hydrogen) atoms. The minimum absolute atomic E-state index is 0.109. The molecule has 1 aliphatic heterocycles. The van der Waals surface area contributed by atoms with Crippen LogP contribution in [0.1, 0.15) is 36.9 Å². The molecule has 3 rings (SSSR count). The van der Waals surface area contributed by atoms with E-state index in [1.807, 2.05) is 73.3 Å². The Labute approximate surface area is 182 Å². The Morgan fingerprint density at radius 1 is 0.903 bits per heavy atom. The summed E-state index contributed by atoms with van der Waals surface area (Å²) in [5.41, 5.74) is 2.53. The van der Waals surface area contributed by atoms with Crippen LogP contribution in [0.4, 0.5) is 0 Å². The number of carbonyl (C=O) groups is 2. The highest BCUT2D eigenvalue weighted by atomic mass is 16.5. The summed E-state index contributed by atoms with van der Waals surface area (Å²) in [6.45, 7) is 4.47. The van der Waals surface area contributed by atoms with Crippen LogP contribution in [0, 0.1) is 0 Å². The van der Waals surface area contributed by atoms with Gasteiger partial charge in [-0.25, -0.2) is 9.59 Å². The van der Waals surface area contributed by atoms with Crippen molar-refractivity contribution in [1.82, 2.24) is 4.90 Å². The smallest absolute Gasteiger partial charge is 0.336 e. The molecule has 0 spiro atoms. The highest BCUT2D eigenvalue weighted by molar-refractivity contribution is 5.98. The number of hydrogen-bond donors (Lipinski definition) is 0. The molecule has 0 aliphatic carbocycles. The molecule has 0 saturated carbocycles. The molecule has 2 aromatic rings. The maximum Gasteiger partial charge on any atom is 0.336 e. The van der Waals surface area contributed by atoms with Crippen molar-refractivity contribution in [3.05, 3.63) is 89.3 Å². The lowest BCUT2D eigenvalue weighted by Crippen LogP contribution is -2.30. The van der Waals surface area contributed by atoms with Gasteiger partial charge in [-0.1, -0.05) is 42.5 Å². The molecule has 162 valence electrons. The second kappa shape index (κ2) is 9.98. The van der Waals surface area contributed by atoms with Crippen molar-refractivity contribution in [2.45, 2.75) is 25.8 Å². The molecule has 0 radical (unpaired) electrons. The topological polar surface area (TPSA) is 65.1 Å².